The Morgan fingerprint density at radius 2 is 2.14 bits per heavy atom. The van der Waals surface area contributed by atoms with Crippen molar-refractivity contribution >= 4 is 10.9 Å². The molecule has 1 aromatic carbocycles. The first-order chi connectivity index (χ1) is 10.2. The molecule has 0 atom stereocenters. The Hall–Kier alpha value is -2.47. The third-order valence-corrected chi connectivity index (χ3v) is 3.17. The van der Waals surface area contributed by atoms with Gasteiger partial charge in [-0.05, 0) is 24.6 Å². The van der Waals surface area contributed by atoms with Crippen LogP contribution in [0.2, 0.25) is 0 Å². The molecule has 0 fully saturated rings. The number of para-hydroxylation sites is 1. The summed E-state index contributed by atoms with van der Waals surface area (Å²) in [7, 11) is 1.53. The summed E-state index contributed by atoms with van der Waals surface area (Å²) in [6.45, 7) is 2.45. The van der Waals surface area contributed by atoms with Crippen molar-refractivity contribution in [2.75, 3.05) is 7.11 Å². The third kappa shape index (κ3) is 2.71. The molecule has 0 aliphatic rings. The molecule has 2 heterocycles. The van der Waals surface area contributed by atoms with Gasteiger partial charge in [-0.1, -0.05) is 18.2 Å². The summed E-state index contributed by atoms with van der Waals surface area (Å²) in [5.74, 6) is -0.210. The molecule has 0 radical (unpaired) electrons. The molecule has 0 N–H and O–H groups in total. The van der Waals surface area contributed by atoms with E-state index in [-0.39, 0.29) is 12.5 Å². The lowest BCUT2D eigenvalue weighted by Gasteiger charge is -2.06. The number of aryl methyl sites for hydroxylation is 1. The van der Waals surface area contributed by atoms with E-state index in [1.54, 1.807) is 0 Å². The first-order valence-corrected chi connectivity index (χ1v) is 6.58. The summed E-state index contributed by atoms with van der Waals surface area (Å²) in [6, 6.07) is 9.79. The number of fused-ring (bicyclic) bond motifs is 1. The van der Waals surface area contributed by atoms with Crippen LogP contribution in [0.1, 0.15) is 17.1 Å². The van der Waals surface area contributed by atoms with Gasteiger partial charge in [-0.15, -0.1) is 5.10 Å². The van der Waals surface area contributed by atoms with Gasteiger partial charge in [0.05, 0.1) is 12.1 Å². The van der Waals surface area contributed by atoms with Crippen LogP contribution in [0.25, 0.3) is 10.9 Å². The number of methoxy groups -OCH3 is 1. The molecule has 0 unspecified atom stereocenters. The first kappa shape index (κ1) is 13.5. The quantitative estimate of drug-likeness (QED) is 0.732. The van der Waals surface area contributed by atoms with Crippen molar-refractivity contribution in [3.63, 3.8) is 0 Å². The minimum atomic E-state index is -0.486. The Morgan fingerprint density at radius 1 is 1.33 bits per heavy atom. The van der Waals surface area contributed by atoms with E-state index in [1.165, 1.54) is 11.8 Å². The molecule has 0 saturated carbocycles. The summed E-state index contributed by atoms with van der Waals surface area (Å²) in [6.07, 6.45) is 0. The largest absolute Gasteiger partial charge is 0.437 e. The lowest BCUT2D eigenvalue weighted by molar-refractivity contribution is 0.158. The highest BCUT2D eigenvalue weighted by Crippen LogP contribution is 2.18. The van der Waals surface area contributed by atoms with Crippen LogP contribution < -0.4 is 5.76 Å². The van der Waals surface area contributed by atoms with E-state index >= 15 is 0 Å². The molecule has 3 aromatic rings. The monoisotopic (exact) mass is 285 g/mol. The Morgan fingerprint density at radius 3 is 2.95 bits per heavy atom. The van der Waals surface area contributed by atoms with Crippen LogP contribution >= 0.6 is 0 Å². The molecule has 0 amide bonds. The van der Waals surface area contributed by atoms with Gasteiger partial charge in [0.1, 0.15) is 6.61 Å². The van der Waals surface area contributed by atoms with Gasteiger partial charge in [0.25, 0.3) is 0 Å². The molecule has 6 heteroatoms. The van der Waals surface area contributed by atoms with Gasteiger partial charge in [0.15, 0.2) is 0 Å². The van der Waals surface area contributed by atoms with Crippen molar-refractivity contribution in [3.8, 4) is 0 Å². The lowest BCUT2D eigenvalue weighted by Crippen LogP contribution is -2.17. The van der Waals surface area contributed by atoms with E-state index in [9.17, 15) is 4.79 Å². The minimum absolute atomic E-state index is 0.179. The van der Waals surface area contributed by atoms with Crippen molar-refractivity contribution < 1.29 is 9.15 Å². The molecule has 0 saturated heterocycles. The maximum atomic E-state index is 11.8. The van der Waals surface area contributed by atoms with E-state index < -0.39 is 5.76 Å². The molecule has 0 aliphatic heterocycles. The molecule has 21 heavy (non-hydrogen) atoms. The molecule has 2 aromatic heterocycles. The Labute approximate surface area is 121 Å². The van der Waals surface area contributed by atoms with Crippen molar-refractivity contribution in [1.82, 2.24) is 14.8 Å². The Balaban J connectivity index is 2.03. The molecular formula is C15H15N3O3. The highest BCUT2D eigenvalue weighted by atomic mass is 16.5. The van der Waals surface area contributed by atoms with Crippen LogP contribution in [0.4, 0.5) is 0 Å². The second-order valence-corrected chi connectivity index (χ2v) is 4.79. The number of hydrogen-bond donors (Lipinski definition) is 0. The molecule has 6 nitrogen and oxygen atoms in total. The fourth-order valence-corrected chi connectivity index (χ4v) is 2.32. The number of nitrogens with zero attached hydrogens (tertiary/aromatic N) is 3. The van der Waals surface area contributed by atoms with Crippen LogP contribution in [0, 0.1) is 6.92 Å². The van der Waals surface area contributed by atoms with Crippen molar-refractivity contribution in [1.29, 1.82) is 0 Å². The maximum Gasteiger partial charge on any atom is 0.437 e. The van der Waals surface area contributed by atoms with Gasteiger partial charge in [0.2, 0.25) is 5.89 Å². The number of pyridine rings is 1. The number of ether oxygens (including phenoxy) is 1. The number of rotatable bonds is 4. The van der Waals surface area contributed by atoms with Gasteiger partial charge in [0, 0.05) is 18.2 Å². The van der Waals surface area contributed by atoms with E-state index in [0.29, 0.717) is 6.54 Å². The van der Waals surface area contributed by atoms with Crippen molar-refractivity contribution in [2.24, 2.45) is 0 Å². The van der Waals surface area contributed by atoms with Gasteiger partial charge in [-0.25, -0.2) is 4.79 Å². The standard InChI is InChI=1S/C15H15N3O3/c1-10-7-11(12-5-3-4-6-13(12)16-10)8-18-15(19)21-14(17-18)9-20-2/h3-7H,8-9H2,1-2H3. The van der Waals surface area contributed by atoms with Crippen LogP contribution in [-0.4, -0.2) is 21.9 Å². The molecular weight excluding hydrogens is 270 g/mol. The maximum absolute atomic E-state index is 11.8. The van der Waals surface area contributed by atoms with Gasteiger partial charge in [-0.2, -0.15) is 4.68 Å². The normalized spacial score (nSPS) is 11.1. The van der Waals surface area contributed by atoms with Crippen LogP contribution in [0.3, 0.4) is 0 Å². The highest BCUT2D eigenvalue weighted by Gasteiger charge is 2.10. The van der Waals surface area contributed by atoms with E-state index in [0.717, 1.165) is 22.2 Å². The first-order valence-electron chi connectivity index (χ1n) is 6.58. The molecule has 108 valence electrons. The topological polar surface area (TPSA) is 70.2 Å². The van der Waals surface area contributed by atoms with Gasteiger partial charge in [-0.3, -0.25) is 4.98 Å². The predicted molar refractivity (Wildman–Crippen MR) is 77.1 cm³/mol. The lowest BCUT2D eigenvalue weighted by atomic mass is 10.1. The fourth-order valence-electron chi connectivity index (χ4n) is 2.32. The second-order valence-electron chi connectivity index (χ2n) is 4.79. The number of aromatic nitrogens is 3. The zero-order chi connectivity index (χ0) is 14.8. The minimum Gasteiger partial charge on any atom is -0.390 e. The van der Waals surface area contributed by atoms with E-state index in [1.807, 2.05) is 37.3 Å². The van der Waals surface area contributed by atoms with Crippen molar-refractivity contribution in [3.05, 3.63) is 58.0 Å². The number of benzene rings is 1. The summed E-state index contributed by atoms with van der Waals surface area (Å²) in [5.41, 5.74) is 2.79. The summed E-state index contributed by atoms with van der Waals surface area (Å²) in [5, 5.41) is 5.13. The summed E-state index contributed by atoms with van der Waals surface area (Å²) < 4.78 is 11.2. The number of hydrogen-bond acceptors (Lipinski definition) is 5. The Kier molecular flexibility index (Phi) is 3.53. The highest BCUT2D eigenvalue weighted by molar-refractivity contribution is 5.82. The average Bonchev–Trinajstić information content (AvgIpc) is 2.79. The summed E-state index contributed by atoms with van der Waals surface area (Å²) >= 11 is 0. The zero-order valence-electron chi connectivity index (χ0n) is 11.9. The third-order valence-electron chi connectivity index (χ3n) is 3.17. The molecule has 0 aliphatic carbocycles. The van der Waals surface area contributed by atoms with Crippen LogP contribution in [0.15, 0.2) is 39.5 Å². The smallest absolute Gasteiger partial charge is 0.390 e. The van der Waals surface area contributed by atoms with E-state index in [2.05, 4.69) is 10.1 Å². The van der Waals surface area contributed by atoms with E-state index in [4.69, 9.17) is 9.15 Å². The SMILES string of the molecule is COCc1nn(Cc2cc(C)nc3ccccc23)c(=O)o1. The van der Waals surface area contributed by atoms with Crippen LogP contribution in [0.5, 0.6) is 0 Å². The summed E-state index contributed by atoms with van der Waals surface area (Å²) in [4.78, 5) is 16.3. The van der Waals surface area contributed by atoms with Crippen LogP contribution in [-0.2, 0) is 17.9 Å². The van der Waals surface area contributed by atoms with Crippen molar-refractivity contribution in [2.45, 2.75) is 20.1 Å². The van der Waals surface area contributed by atoms with Gasteiger partial charge < -0.3 is 9.15 Å². The fraction of sp³-hybridized carbons (Fsp3) is 0.267. The molecule has 0 spiro atoms. The van der Waals surface area contributed by atoms with Gasteiger partial charge >= 0.3 is 5.76 Å². The molecule has 3 rings (SSSR count). The molecule has 0 bridgehead atoms. The average molecular weight is 285 g/mol. The predicted octanol–water partition coefficient (Wildman–Crippen LogP) is 1.89. The second kappa shape index (κ2) is 5.49. The Bertz CT molecular complexity index is 836. The zero-order valence-corrected chi connectivity index (χ0v) is 11.9.